The van der Waals surface area contributed by atoms with E-state index in [0.29, 0.717) is 6.42 Å². The average Bonchev–Trinajstić information content (AvgIpc) is 2.71. The Hall–Kier alpha value is -2.37. The van der Waals surface area contributed by atoms with Gasteiger partial charge in [0.05, 0.1) is 0 Å². The molecule has 1 aromatic rings. The molecule has 0 aromatic heterocycles. The van der Waals surface area contributed by atoms with Crippen molar-refractivity contribution in [1.29, 1.82) is 0 Å². The Morgan fingerprint density at radius 2 is 1.88 bits per heavy atom. The first-order chi connectivity index (χ1) is 12.0. The maximum atomic E-state index is 12.7. The summed E-state index contributed by atoms with van der Waals surface area (Å²) in [4.78, 5) is 38.4. The van der Waals surface area contributed by atoms with Gasteiger partial charge in [0.15, 0.2) is 0 Å². The molecule has 0 aliphatic carbocycles. The van der Waals surface area contributed by atoms with Crippen LogP contribution in [0.25, 0.3) is 0 Å². The number of rotatable bonds is 6. The van der Waals surface area contributed by atoms with E-state index in [-0.39, 0.29) is 30.2 Å². The minimum Gasteiger partial charge on any atom is -0.324 e. The van der Waals surface area contributed by atoms with Crippen LogP contribution in [0.1, 0.15) is 58.1 Å². The monoisotopic (exact) mass is 359 g/mol. The molecule has 1 aliphatic rings. The first kappa shape index (κ1) is 19.9. The molecule has 6 nitrogen and oxygen atoms in total. The molecule has 2 N–H and O–H groups in total. The number of carbonyl (C=O) groups is 3. The quantitative estimate of drug-likeness (QED) is 0.764. The Labute approximate surface area is 155 Å². The number of hydrogen-bond acceptors (Lipinski definition) is 3. The summed E-state index contributed by atoms with van der Waals surface area (Å²) in [6.45, 7) is 11.4. The lowest BCUT2D eigenvalue weighted by atomic mass is 9.91. The topological polar surface area (TPSA) is 78.5 Å². The lowest BCUT2D eigenvalue weighted by Gasteiger charge is -2.23. The second kappa shape index (κ2) is 7.48. The van der Waals surface area contributed by atoms with Gasteiger partial charge in [-0.05, 0) is 43.2 Å². The Morgan fingerprint density at radius 3 is 2.46 bits per heavy atom. The molecule has 26 heavy (non-hydrogen) atoms. The number of hydrogen-bond donors (Lipinski definition) is 2. The van der Waals surface area contributed by atoms with Gasteiger partial charge in [-0.1, -0.05) is 45.9 Å². The van der Waals surface area contributed by atoms with Crippen molar-refractivity contribution < 1.29 is 14.4 Å². The molecule has 0 spiro atoms. The standard InChI is InChI=1S/C20H29N3O3/c1-12(2)10-20(6)18(25)23(19(26)22-20)11-16(24)21-17-14(5)8-7-9-15(17)13(3)4/h7-9,12-13H,10-11H2,1-6H3,(H,21,24)(H,22,26). The van der Waals surface area contributed by atoms with Gasteiger partial charge in [0.1, 0.15) is 12.1 Å². The van der Waals surface area contributed by atoms with E-state index in [0.717, 1.165) is 21.7 Å². The fraction of sp³-hybridized carbons (Fsp3) is 0.550. The third-order valence-electron chi connectivity index (χ3n) is 4.65. The Morgan fingerprint density at radius 1 is 1.23 bits per heavy atom. The summed E-state index contributed by atoms with van der Waals surface area (Å²) in [7, 11) is 0. The summed E-state index contributed by atoms with van der Waals surface area (Å²) >= 11 is 0. The van der Waals surface area contributed by atoms with E-state index >= 15 is 0 Å². The predicted octanol–water partition coefficient (Wildman–Crippen LogP) is 3.41. The third kappa shape index (κ3) is 4.06. The smallest absolute Gasteiger partial charge is 0.324 e. The molecule has 0 saturated carbocycles. The average molecular weight is 359 g/mol. The fourth-order valence-corrected chi connectivity index (χ4v) is 3.51. The van der Waals surface area contributed by atoms with Crippen molar-refractivity contribution >= 4 is 23.5 Å². The molecule has 1 unspecified atom stereocenters. The summed E-state index contributed by atoms with van der Waals surface area (Å²) < 4.78 is 0. The van der Waals surface area contributed by atoms with Crippen LogP contribution < -0.4 is 10.6 Å². The SMILES string of the molecule is Cc1cccc(C(C)C)c1NC(=O)CN1C(=O)NC(C)(CC(C)C)C1=O. The highest BCUT2D eigenvalue weighted by Crippen LogP contribution is 2.28. The molecule has 142 valence electrons. The van der Waals surface area contributed by atoms with Gasteiger partial charge >= 0.3 is 6.03 Å². The molecule has 6 heteroatoms. The van der Waals surface area contributed by atoms with E-state index in [1.165, 1.54) is 0 Å². The number of anilines is 1. The van der Waals surface area contributed by atoms with Crippen LogP contribution >= 0.6 is 0 Å². The first-order valence-electron chi connectivity index (χ1n) is 9.08. The van der Waals surface area contributed by atoms with Crippen molar-refractivity contribution in [3.8, 4) is 0 Å². The summed E-state index contributed by atoms with van der Waals surface area (Å²) in [6, 6.07) is 5.34. The Kier molecular flexibility index (Phi) is 5.74. The molecule has 0 radical (unpaired) electrons. The van der Waals surface area contributed by atoms with Crippen molar-refractivity contribution in [3.63, 3.8) is 0 Å². The van der Waals surface area contributed by atoms with Gasteiger partial charge in [-0.2, -0.15) is 0 Å². The van der Waals surface area contributed by atoms with Gasteiger partial charge in [-0.25, -0.2) is 4.79 Å². The van der Waals surface area contributed by atoms with Crippen LogP contribution in [0.15, 0.2) is 18.2 Å². The second-order valence-corrected chi connectivity index (χ2v) is 7.99. The van der Waals surface area contributed by atoms with Crippen molar-refractivity contribution in [3.05, 3.63) is 29.3 Å². The molecule has 1 atom stereocenters. The van der Waals surface area contributed by atoms with Gasteiger partial charge in [-0.15, -0.1) is 0 Å². The van der Waals surface area contributed by atoms with Crippen LogP contribution in [-0.4, -0.2) is 34.8 Å². The molecule has 2 rings (SSSR count). The molecule has 1 aromatic carbocycles. The second-order valence-electron chi connectivity index (χ2n) is 7.99. The van der Waals surface area contributed by atoms with E-state index in [1.807, 2.05) is 39.0 Å². The highest BCUT2D eigenvalue weighted by Gasteiger charge is 2.48. The maximum Gasteiger partial charge on any atom is 0.325 e. The highest BCUT2D eigenvalue weighted by molar-refractivity contribution is 6.10. The lowest BCUT2D eigenvalue weighted by Crippen LogP contribution is -2.45. The van der Waals surface area contributed by atoms with Crippen LogP contribution in [0.2, 0.25) is 0 Å². The van der Waals surface area contributed by atoms with Crippen molar-refractivity contribution in [2.75, 3.05) is 11.9 Å². The number of para-hydroxylation sites is 1. The number of benzene rings is 1. The molecule has 1 aliphatic heterocycles. The number of nitrogens with zero attached hydrogens (tertiary/aromatic N) is 1. The van der Waals surface area contributed by atoms with Crippen molar-refractivity contribution in [2.24, 2.45) is 5.92 Å². The molecule has 1 heterocycles. The number of amides is 4. The zero-order chi connectivity index (χ0) is 19.6. The van der Waals surface area contributed by atoms with E-state index in [4.69, 9.17) is 0 Å². The summed E-state index contributed by atoms with van der Waals surface area (Å²) in [5.41, 5.74) is 1.79. The summed E-state index contributed by atoms with van der Waals surface area (Å²) in [6.07, 6.45) is 0.533. The number of imide groups is 1. The van der Waals surface area contributed by atoms with Gasteiger partial charge in [-0.3, -0.25) is 14.5 Å². The van der Waals surface area contributed by atoms with Crippen LogP contribution in [-0.2, 0) is 9.59 Å². The molecule has 0 bridgehead atoms. The Bertz CT molecular complexity index is 727. The largest absolute Gasteiger partial charge is 0.325 e. The first-order valence-corrected chi connectivity index (χ1v) is 9.08. The van der Waals surface area contributed by atoms with E-state index in [9.17, 15) is 14.4 Å². The molecule has 4 amide bonds. The molecule has 1 saturated heterocycles. The number of urea groups is 1. The lowest BCUT2D eigenvalue weighted by molar-refractivity contribution is -0.133. The van der Waals surface area contributed by atoms with Crippen molar-refractivity contribution in [2.45, 2.75) is 59.4 Å². The molecule has 1 fully saturated rings. The maximum absolute atomic E-state index is 12.7. The highest BCUT2D eigenvalue weighted by atomic mass is 16.2. The Balaban J connectivity index is 2.14. The van der Waals surface area contributed by atoms with E-state index in [1.54, 1.807) is 6.92 Å². The van der Waals surface area contributed by atoms with Gasteiger partial charge in [0, 0.05) is 5.69 Å². The zero-order valence-corrected chi connectivity index (χ0v) is 16.5. The molecular formula is C20H29N3O3. The minimum absolute atomic E-state index is 0.247. The minimum atomic E-state index is -0.947. The summed E-state index contributed by atoms with van der Waals surface area (Å²) in [5.74, 6) is -0.228. The fourth-order valence-electron chi connectivity index (χ4n) is 3.51. The normalized spacial score (nSPS) is 20.1. The van der Waals surface area contributed by atoms with Crippen LogP contribution in [0.3, 0.4) is 0 Å². The number of carbonyl (C=O) groups excluding carboxylic acids is 3. The number of nitrogens with one attached hydrogen (secondary N) is 2. The predicted molar refractivity (Wildman–Crippen MR) is 102 cm³/mol. The van der Waals surface area contributed by atoms with Crippen LogP contribution in [0, 0.1) is 12.8 Å². The van der Waals surface area contributed by atoms with E-state index in [2.05, 4.69) is 24.5 Å². The zero-order valence-electron chi connectivity index (χ0n) is 16.5. The van der Waals surface area contributed by atoms with Crippen molar-refractivity contribution in [1.82, 2.24) is 10.2 Å². The van der Waals surface area contributed by atoms with E-state index < -0.39 is 11.6 Å². The summed E-state index contributed by atoms with van der Waals surface area (Å²) in [5, 5.41) is 5.61. The third-order valence-corrected chi connectivity index (χ3v) is 4.65. The number of aryl methyl sites for hydroxylation is 1. The molecular weight excluding hydrogens is 330 g/mol. The van der Waals surface area contributed by atoms with Crippen LogP contribution in [0.4, 0.5) is 10.5 Å². The van der Waals surface area contributed by atoms with Crippen LogP contribution in [0.5, 0.6) is 0 Å². The van der Waals surface area contributed by atoms with Gasteiger partial charge in [0.25, 0.3) is 5.91 Å². The van der Waals surface area contributed by atoms with Gasteiger partial charge in [0.2, 0.25) is 5.91 Å². The van der Waals surface area contributed by atoms with Gasteiger partial charge < -0.3 is 10.6 Å².